The molecule has 34 heavy (non-hydrogen) atoms. The molecule has 1 aliphatic rings. The van der Waals surface area contributed by atoms with Gasteiger partial charge in [-0.15, -0.1) is 17.8 Å². The lowest BCUT2D eigenvalue weighted by Gasteiger charge is -2.31. The summed E-state index contributed by atoms with van der Waals surface area (Å²) in [7, 11) is -2.57. The van der Waals surface area contributed by atoms with Gasteiger partial charge in [0.05, 0.1) is 34.5 Å². The number of anilines is 1. The topological polar surface area (TPSA) is 25.4 Å². The lowest BCUT2D eigenvalue weighted by Crippen LogP contribution is -2.29. The zero-order chi connectivity index (χ0) is 26.9. The van der Waals surface area contributed by atoms with Gasteiger partial charge in [0, 0.05) is 10.4 Å². The summed E-state index contributed by atoms with van der Waals surface area (Å²) in [6.07, 6.45) is 9.64. The highest BCUT2D eigenvalue weighted by Gasteiger charge is 2.32. The lowest BCUT2D eigenvalue weighted by atomic mass is 9.97. The van der Waals surface area contributed by atoms with Gasteiger partial charge in [0.25, 0.3) is 0 Å². The molecule has 178 valence electrons. The van der Waals surface area contributed by atoms with Crippen molar-refractivity contribution in [2.45, 2.75) is 52.5 Å². The SMILES string of the molecule is [2H]C([2H])([2H])Oc1cc(Cl)c(-c2nc(N(CC#C)C(CC3CC3)c3ccc(CC)c(F)c3)sc2C)cc1C. The number of terminal acetylenes is 1. The quantitative estimate of drug-likeness (QED) is 0.281. The van der Waals surface area contributed by atoms with Gasteiger partial charge in [0.15, 0.2) is 5.13 Å². The van der Waals surface area contributed by atoms with Crippen molar-refractivity contribution in [3.05, 3.63) is 62.7 Å². The summed E-state index contributed by atoms with van der Waals surface area (Å²) in [6, 6.07) is 8.72. The van der Waals surface area contributed by atoms with Crippen LogP contribution in [0.25, 0.3) is 11.3 Å². The third kappa shape index (κ3) is 5.09. The summed E-state index contributed by atoms with van der Waals surface area (Å²) in [5.74, 6) is 3.37. The van der Waals surface area contributed by atoms with Crippen molar-refractivity contribution in [2.75, 3.05) is 18.5 Å². The first-order valence-corrected chi connectivity index (χ1v) is 12.7. The van der Waals surface area contributed by atoms with E-state index in [1.54, 1.807) is 19.1 Å². The largest absolute Gasteiger partial charge is 0.496 e. The van der Waals surface area contributed by atoms with Crippen molar-refractivity contribution >= 4 is 28.1 Å². The molecule has 2 aromatic carbocycles. The predicted octanol–water partition coefficient (Wildman–Crippen LogP) is 7.77. The second-order valence-corrected chi connectivity index (χ2v) is 10.4. The molecule has 0 radical (unpaired) electrons. The van der Waals surface area contributed by atoms with E-state index in [0.29, 0.717) is 46.3 Å². The number of aryl methyl sites for hydroxylation is 3. The van der Waals surface area contributed by atoms with Crippen LogP contribution in [-0.2, 0) is 6.42 Å². The van der Waals surface area contributed by atoms with Crippen molar-refractivity contribution in [3.63, 3.8) is 0 Å². The van der Waals surface area contributed by atoms with Gasteiger partial charge in [-0.05, 0) is 67.5 Å². The van der Waals surface area contributed by atoms with E-state index in [4.69, 9.17) is 31.9 Å². The zero-order valence-electron chi connectivity index (χ0n) is 22.6. The van der Waals surface area contributed by atoms with Crippen molar-refractivity contribution in [1.82, 2.24) is 4.98 Å². The zero-order valence-corrected chi connectivity index (χ0v) is 21.2. The van der Waals surface area contributed by atoms with Gasteiger partial charge in [-0.2, -0.15) is 0 Å². The van der Waals surface area contributed by atoms with Crippen LogP contribution in [0.2, 0.25) is 5.02 Å². The average molecular weight is 500 g/mol. The highest BCUT2D eigenvalue weighted by Crippen LogP contribution is 2.44. The molecule has 0 spiro atoms. The summed E-state index contributed by atoms with van der Waals surface area (Å²) in [5.41, 5.74) is 3.62. The van der Waals surface area contributed by atoms with E-state index >= 15 is 0 Å². The van der Waals surface area contributed by atoms with E-state index in [2.05, 4.69) is 10.8 Å². The molecule has 1 saturated carbocycles. The van der Waals surface area contributed by atoms with Gasteiger partial charge in [-0.3, -0.25) is 0 Å². The van der Waals surface area contributed by atoms with Crippen molar-refractivity contribution in [1.29, 1.82) is 0 Å². The Balaban J connectivity index is 1.73. The lowest BCUT2D eigenvalue weighted by molar-refractivity contribution is 0.412. The molecule has 1 fully saturated rings. The van der Waals surface area contributed by atoms with E-state index in [1.807, 2.05) is 26.0 Å². The number of hydrogen-bond acceptors (Lipinski definition) is 4. The van der Waals surface area contributed by atoms with E-state index in [-0.39, 0.29) is 17.6 Å². The maximum atomic E-state index is 14.8. The van der Waals surface area contributed by atoms with E-state index in [0.717, 1.165) is 34.8 Å². The number of hydrogen-bond donors (Lipinski definition) is 0. The van der Waals surface area contributed by atoms with Crippen LogP contribution in [0.1, 0.15) is 57.9 Å². The molecular formula is C28H30ClFN2OS. The van der Waals surface area contributed by atoms with Gasteiger partial charge in [0.1, 0.15) is 11.6 Å². The summed E-state index contributed by atoms with van der Waals surface area (Å²) in [4.78, 5) is 7.99. The Bertz CT molecular complexity index is 1330. The van der Waals surface area contributed by atoms with Crippen LogP contribution in [0, 0.1) is 37.9 Å². The second kappa shape index (κ2) is 10.4. The number of nitrogens with zero attached hydrogens (tertiary/aromatic N) is 2. The minimum absolute atomic E-state index is 0.102. The Morgan fingerprint density at radius 1 is 1.35 bits per heavy atom. The summed E-state index contributed by atoms with van der Waals surface area (Å²) < 4.78 is 42.1. The number of aromatic nitrogens is 1. The van der Waals surface area contributed by atoms with Crippen molar-refractivity contribution < 1.29 is 13.2 Å². The van der Waals surface area contributed by atoms with E-state index in [9.17, 15) is 4.39 Å². The number of halogens is 2. The van der Waals surface area contributed by atoms with Gasteiger partial charge in [-0.25, -0.2) is 9.37 Å². The van der Waals surface area contributed by atoms with Gasteiger partial charge in [0.2, 0.25) is 0 Å². The fourth-order valence-electron chi connectivity index (χ4n) is 4.29. The Hall–Kier alpha value is -2.55. The Labute approximate surface area is 215 Å². The third-order valence-electron chi connectivity index (χ3n) is 6.39. The highest BCUT2D eigenvalue weighted by molar-refractivity contribution is 7.16. The minimum atomic E-state index is -2.57. The first kappa shape index (κ1) is 20.8. The van der Waals surface area contributed by atoms with Crippen LogP contribution in [-0.4, -0.2) is 18.6 Å². The molecule has 1 heterocycles. The Morgan fingerprint density at radius 2 is 2.15 bits per heavy atom. The summed E-state index contributed by atoms with van der Waals surface area (Å²) >= 11 is 8.10. The molecule has 1 atom stereocenters. The van der Waals surface area contributed by atoms with Gasteiger partial charge >= 0.3 is 0 Å². The first-order chi connectivity index (χ1) is 17.5. The third-order valence-corrected chi connectivity index (χ3v) is 7.72. The van der Waals surface area contributed by atoms with Crippen LogP contribution in [0.3, 0.4) is 0 Å². The number of rotatable bonds is 9. The van der Waals surface area contributed by atoms with Crippen LogP contribution in [0.4, 0.5) is 9.52 Å². The van der Waals surface area contributed by atoms with Crippen LogP contribution in [0.5, 0.6) is 5.75 Å². The maximum Gasteiger partial charge on any atom is 0.187 e. The molecule has 3 nitrogen and oxygen atoms in total. The predicted molar refractivity (Wildman–Crippen MR) is 141 cm³/mol. The smallest absolute Gasteiger partial charge is 0.187 e. The summed E-state index contributed by atoms with van der Waals surface area (Å²) in [5, 5.41) is 1.09. The number of thiazole rings is 1. The average Bonchev–Trinajstić information content (AvgIpc) is 3.57. The number of ether oxygens (including phenoxy) is 1. The number of benzene rings is 2. The fourth-order valence-corrected chi connectivity index (χ4v) is 5.50. The van der Waals surface area contributed by atoms with E-state index < -0.39 is 7.04 Å². The Morgan fingerprint density at radius 3 is 2.79 bits per heavy atom. The first-order valence-electron chi connectivity index (χ1n) is 13.0. The van der Waals surface area contributed by atoms with Crippen LogP contribution >= 0.6 is 22.9 Å². The van der Waals surface area contributed by atoms with E-state index in [1.165, 1.54) is 17.4 Å². The maximum absolute atomic E-state index is 14.8. The molecule has 0 aliphatic heterocycles. The van der Waals surface area contributed by atoms with Crippen molar-refractivity contribution in [3.8, 4) is 29.4 Å². The molecule has 3 aromatic rings. The standard InChI is InChI=1S/C28H30ClFN2OS/c1-6-12-32(25(14-19-8-9-19)21-11-10-20(7-2)24(30)15-21)28-31-27(18(4)34-28)22-13-17(3)26(33-5)16-23(22)29/h1,10-11,13,15-16,19,25H,7-9,12,14H2,2-5H3/i5D3. The highest BCUT2D eigenvalue weighted by atomic mass is 35.5. The monoisotopic (exact) mass is 499 g/mol. The molecule has 0 N–H and O–H groups in total. The molecule has 1 aromatic heterocycles. The minimum Gasteiger partial charge on any atom is -0.496 e. The molecule has 6 heteroatoms. The number of methoxy groups -OCH3 is 1. The molecule has 1 aliphatic carbocycles. The van der Waals surface area contributed by atoms with Crippen LogP contribution < -0.4 is 9.64 Å². The molecule has 4 rings (SSSR count). The molecule has 0 bridgehead atoms. The normalized spacial score (nSPS) is 15.7. The molecule has 0 saturated heterocycles. The molecule has 1 unspecified atom stereocenters. The second-order valence-electron chi connectivity index (χ2n) is 8.83. The molecular weight excluding hydrogens is 467 g/mol. The van der Waals surface area contributed by atoms with Gasteiger partial charge < -0.3 is 9.64 Å². The van der Waals surface area contributed by atoms with Gasteiger partial charge in [-0.1, -0.05) is 49.4 Å². The van der Waals surface area contributed by atoms with Crippen LogP contribution in [0.15, 0.2) is 30.3 Å². The van der Waals surface area contributed by atoms with Crippen molar-refractivity contribution in [2.24, 2.45) is 5.92 Å². The fraction of sp³-hybridized carbons (Fsp3) is 0.393. The summed E-state index contributed by atoms with van der Waals surface area (Å²) in [6.45, 7) is 6.01. The molecule has 0 amide bonds. The Kier molecular flexibility index (Phi) is 6.35.